The first kappa shape index (κ1) is 17.8. The van der Waals surface area contributed by atoms with Gasteiger partial charge in [0.15, 0.2) is 11.5 Å². The first-order valence-corrected chi connectivity index (χ1v) is 9.72. The first-order valence-electron chi connectivity index (χ1n) is 9.34. The molecule has 3 aromatic heterocycles. The molecule has 1 N–H and O–H groups in total. The predicted molar refractivity (Wildman–Crippen MR) is 105 cm³/mol. The van der Waals surface area contributed by atoms with Crippen molar-refractivity contribution >= 4 is 23.2 Å². The molecule has 0 aliphatic heterocycles. The van der Waals surface area contributed by atoms with E-state index in [4.69, 9.17) is 16.1 Å². The van der Waals surface area contributed by atoms with Gasteiger partial charge in [-0.15, -0.1) is 10.2 Å². The number of hydrogen-bond acceptors (Lipinski definition) is 6. The third-order valence-corrected chi connectivity index (χ3v) is 5.04. The van der Waals surface area contributed by atoms with Gasteiger partial charge in [-0.1, -0.05) is 28.9 Å². The lowest BCUT2D eigenvalue weighted by Gasteiger charge is -2.05. The minimum Gasteiger partial charge on any atom is -0.352 e. The van der Waals surface area contributed by atoms with Crippen molar-refractivity contribution < 1.29 is 9.32 Å². The van der Waals surface area contributed by atoms with Gasteiger partial charge in [-0.05, 0) is 42.7 Å². The van der Waals surface area contributed by atoms with Gasteiger partial charge in [0.25, 0.3) is 5.89 Å². The third-order valence-electron chi connectivity index (χ3n) is 4.81. The lowest BCUT2D eigenvalue weighted by molar-refractivity contribution is -0.120. The summed E-state index contributed by atoms with van der Waals surface area (Å²) in [5.74, 6) is 2.08. The average molecular weight is 409 g/mol. The fourth-order valence-electron chi connectivity index (χ4n) is 3.11. The SMILES string of the molecule is O=C(Cc1nnc2cc(-c3nc(C4CC4)no3)ccn12)NCc1cccc(Cl)c1. The summed E-state index contributed by atoms with van der Waals surface area (Å²) >= 11 is 5.97. The Labute approximate surface area is 170 Å². The smallest absolute Gasteiger partial charge is 0.258 e. The molecule has 0 atom stereocenters. The van der Waals surface area contributed by atoms with Crippen LogP contribution in [0, 0.1) is 0 Å². The van der Waals surface area contributed by atoms with Gasteiger partial charge in [0, 0.05) is 29.2 Å². The monoisotopic (exact) mass is 408 g/mol. The molecular formula is C20H17ClN6O2. The third kappa shape index (κ3) is 3.84. The second kappa shape index (κ2) is 7.29. The Morgan fingerprint density at radius 2 is 2.14 bits per heavy atom. The van der Waals surface area contributed by atoms with Crippen molar-refractivity contribution in [2.75, 3.05) is 0 Å². The van der Waals surface area contributed by atoms with Crippen LogP contribution >= 0.6 is 11.6 Å². The number of nitrogens with zero attached hydrogens (tertiary/aromatic N) is 5. The van der Waals surface area contributed by atoms with Gasteiger partial charge in [-0.25, -0.2) is 0 Å². The summed E-state index contributed by atoms with van der Waals surface area (Å²) < 4.78 is 7.14. The summed E-state index contributed by atoms with van der Waals surface area (Å²) in [5, 5.41) is 15.9. The number of amides is 1. The van der Waals surface area contributed by atoms with Crippen LogP contribution in [0.2, 0.25) is 5.02 Å². The lowest BCUT2D eigenvalue weighted by Crippen LogP contribution is -2.25. The number of carbonyl (C=O) groups excluding carboxylic acids is 1. The minimum atomic E-state index is -0.144. The standard InChI is InChI=1S/C20H17ClN6O2/c21-15-3-1-2-12(8-15)11-22-18(28)10-17-25-24-16-9-14(6-7-27(16)17)20-23-19(26-29-20)13-4-5-13/h1-3,6-9,13H,4-5,10-11H2,(H,22,28). The number of carbonyl (C=O) groups is 1. The van der Waals surface area contributed by atoms with Gasteiger partial charge in [-0.2, -0.15) is 4.98 Å². The fourth-order valence-corrected chi connectivity index (χ4v) is 3.32. The summed E-state index contributed by atoms with van der Waals surface area (Å²) in [4.78, 5) is 16.8. The van der Waals surface area contributed by atoms with Crippen LogP contribution in [0.5, 0.6) is 0 Å². The Balaban J connectivity index is 1.28. The number of pyridine rings is 1. The van der Waals surface area contributed by atoms with Crippen LogP contribution in [0.15, 0.2) is 47.1 Å². The van der Waals surface area contributed by atoms with Gasteiger partial charge < -0.3 is 9.84 Å². The molecule has 3 heterocycles. The molecule has 0 saturated heterocycles. The van der Waals surface area contributed by atoms with Crippen LogP contribution < -0.4 is 5.32 Å². The van der Waals surface area contributed by atoms with Crippen molar-refractivity contribution in [1.29, 1.82) is 0 Å². The van der Waals surface area contributed by atoms with Gasteiger partial charge in [0.05, 0.1) is 6.42 Å². The van der Waals surface area contributed by atoms with Gasteiger partial charge in [-0.3, -0.25) is 9.20 Å². The van der Waals surface area contributed by atoms with E-state index >= 15 is 0 Å². The van der Waals surface area contributed by atoms with E-state index in [1.54, 1.807) is 10.5 Å². The fraction of sp³-hybridized carbons (Fsp3) is 0.250. The molecular weight excluding hydrogens is 392 g/mol. The summed E-state index contributed by atoms with van der Waals surface area (Å²) in [6, 6.07) is 11.1. The van der Waals surface area contributed by atoms with Gasteiger partial charge >= 0.3 is 0 Å². The highest BCUT2D eigenvalue weighted by atomic mass is 35.5. The van der Waals surface area contributed by atoms with Gasteiger partial charge in [0.2, 0.25) is 5.91 Å². The highest BCUT2D eigenvalue weighted by Crippen LogP contribution is 2.38. The van der Waals surface area contributed by atoms with E-state index in [9.17, 15) is 4.79 Å². The quantitative estimate of drug-likeness (QED) is 0.526. The summed E-state index contributed by atoms with van der Waals surface area (Å²) in [6.45, 7) is 0.404. The van der Waals surface area contributed by atoms with E-state index in [-0.39, 0.29) is 12.3 Å². The van der Waals surface area contributed by atoms with E-state index in [1.165, 1.54) is 0 Å². The molecule has 1 aliphatic carbocycles. The molecule has 5 rings (SSSR count). The Morgan fingerprint density at radius 3 is 2.97 bits per heavy atom. The molecule has 1 saturated carbocycles. The molecule has 0 bridgehead atoms. The Hall–Kier alpha value is -3.26. The molecule has 0 unspecified atom stereocenters. The average Bonchev–Trinajstić information content (AvgIpc) is 3.32. The van der Waals surface area contributed by atoms with Crippen LogP contribution in [0.4, 0.5) is 0 Å². The molecule has 1 fully saturated rings. The van der Waals surface area contributed by atoms with Crippen LogP contribution in [0.3, 0.4) is 0 Å². The summed E-state index contributed by atoms with van der Waals surface area (Å²) in [6.07, 6.45) is 4.16. The van der Waals surface area contributed by atoms with E-state index in [0.29, 0.717) is 34.8 Å². The van der Waals surface area contributed by atoms with E-state index in [0.717, 1.165) is 29.8 Å². The normalized spacial score (nSPS) is 13.7. The topological polar surface area (TPSA) is 98.2 Å². The van der Waals surface area contributed by atoms with Crippen LogP contribution in [0.25, 0.3) is 17.1 Å². The van der Waals surface area contributed by atoms with E-state index in [1.807, 2.05) is 36.5 Å². The summed E-state index contributed by atoms with van der Waals surface area (Å²) in [7, 11) is 0. The zero-order valence-electron chi connectivity index (χ0n) is 15.4. The zero-order chi connectivity index (χ0) is 19.8. The number of hydrogen-bond donors (Lipinski definition) is 1. The maximum atomic E-state index is 12.3. The number of nitrogens with one attached hydrogen (secondary N) is 1. The molecule has 9 heteroatoms. The highest BCUT2D eigenvalue weighted by Gasteiger charge is 2.29. The number of halogens is 1. The molecule has 0 radical (unpaired) electrons. The molecule has 0 spiro atoms. The number of aromatic nitrogens is 5. The number of benzene rings is 1. The molecule has 4 aromatic rings. The lowest BCUT2D eigenvalue weighted by atomic mass is 10.2. The molecule has 1 aliphatic rings. The van der Waals surface area contributed by atoms with Crippen molar-refractivity contribution in [1.82, 2.24) is 30.1 Å². The van der Waals surface area contributed by atoms with Gasteiger partial charge in [0.1, 0.15) is 5.82 Å². The van der Waals surface area contributed by atoms with E-state index < -0.39 is 0 Å². The van der Waals surface area contributed by atoms with Crippen molar-refractivity contribution in [3.8, 4) is 11.5 Å². The van der Waals surface area contributed by atoms with Crippen molar-refractivity contribution in [3.05, 3.63) is 64.8 Å². The highest BCUT2D eigenvalue weighted by molar-refractivity contribution is 6.30. The molecule has 1 amide bonds. The maximum absolute atomic E-state index is 12.3. The van der Waals surface area contributed by atoms with Crippen LogP contribution in [0.1, 0.15) is 36.0 Å². The number of fused-ring (bicyclic) bond motifs is 1. The minimum absolute atomic E-state index is 0.119. The molecule has 29 heavy (non-hydrogen) atoms. The van der Waals surface area contributed by atoms with E-state index in [2.05, 4.69) is 25.7 Å². The zero-order valence-corrected chi connectivity index (χ0v) is 16.1. The second-order valence-corrected chi connectivity index (χ2v) is 7.51. The Kier molecular flexibility index (Phi) is 4.48. The number of rotatable bonds is 6. The summed E-state index contributed by atoms with van der Waals surface area (Å²) in [5.41, 5.74) is 2.33. The van der Waals surface area contributed by atoms with Crippen molar-refractivity contribution in [3.63, 3.8) is 0 Å². The second-order valence-electron chi connectivity index (χ2n) is 7.08. The predicted octanol–water partition coefficient (Wildman–Crippen LogP) is 3.17. The Bertz CT molecular complexity index is 1200. The Morgan fingerprint density at radius 1 is 1.24 bits per heavy atom. The molecule has 146 valence electrons. The molecule has 1 aromatic carbocycles. The first-order chi connectivity index (χ1) is 14.2. The van der Waals surface area contributed by atoms with Crippen molar-refractivity contribution in [2.24, 2.45) is 0 Å². The maximum Gasteiger partial charge on any atom is 0.258 e. The van der Waals surface area contributed by atoms with Crippen LogP contribution in [-0.2, 0) is 17.8 Å². The van der Waals surface area contributed by atoms with Crippen molar-refractivity contribution in [2.45, 2.75) is 31.7 Å². The molecule has 8 nitrogen and oxygen atoms in total. The largest absolute Gasteiger partial charge is 0.352 e. The van der Waals surface area contributed by atoms with Crippen LogP contribution in [-0.4, -0.2) is 30.6 Å².